The van der Waals surface area contributed by atoms with Crippen LogP contribution in [0.2, 0.25) is 0 Å². The van der Waals surface area contributed by atoms with Crippen molar-refractivity contribution in [1.29, 1.82) is 0 Å². The summed E-state index contributed by atoms with van der Waals surface area (Å²) in [7, 11) is 0. The highest BCUT2D eigenvalue weighted by Crippen LogP contribution is 2.34. The molecule has 4 heteroatoms. The van der Waals surface area contributed by atoms with E-state index in [1.807, 2.05) is 32.0 Å². The van der Waals surface area contributed by atoms with Crippen LogP contribution in [-0.2, 0) is 0 Å². The van der Waals surface area contributed by atoms with Gasteiger partial charge in [-0.05, 0) is 51.0 Å². The zero-order chi connectivity index (χ0) is 14.6. The van der Waals surface area contributed by atoms with Crippen molar-refractivity contribution in [1.82, 2.24) is 0 Å². The first kappa shape index (κ1) is 12.7. The van der Waals surface area contributed by atoms with Crippen LogP contribution in [0.3, 0.4) is 0 Å². The number of amides is 2. The Morgan fingerprint density at radius 3 is 1.70 bits per heavy atom. The Balaban J connectivity index is 2.17. The highest BCUT2D eigenvalue weighted by atomic mass is 16.3. The quantitative estimate of drug-likeness (QED) is 0.746. The van der Waals surface area contributed by atoms with E-state index in [1.54, 1.807) is 13.8 Å². The molecule has 0 radical (unpaired) electrons. The lowest BCUT2D eigenvalue weighted by molar-refractivity contribution is 0.0923. The normalized spacial score (nSPS) is 14.1. The van der Waals surface area contributed by atoms with Crippen LogP contribution in [0.15, 0.2) is 22.6 Å². The van der Waals surface area contributed by atoms with Crippen LogP contribution in [0.5, 0.6) is 0 Å². The molecule has 1 aromatic carbocycles. The summed E-state index contributed by atoms with van der Waals surface area (Å²) in [5, 5.41) is 0. The Morgan fingerprint density at radius 2 is 1.25 bits per heavy atom. The minimum absolute atomic E-state index is 0.302. The molecule has 0 aliphatic carbocycles. The molecule has 0 unspecified atom stereocenters. The van der Waals surface area contributed by atoms with E-state index < -0.39 is 0 Å². The van der Waals surface area contributed by atoms with E-state index >= 15 is 0 Å². The van der Waals surface area contributed by atoms with Gasteiger partial charge >= 0.3 is 0 Å². The Kier molecular flexibility index (Phi) is 2.57. The van der Waals surface area contributed by atoms with Gasteiger partial charge in [0.1, 0.15) is 11.5 Å². The van der Waals surface area contributed by atoms with Crippen LogP contribution < -0.4 is 4.90 Å². The van der Waals surface area contributed by atoms with Crippen LogP contribution in [0.1, 0.15) is 43.4 Å². The van der Waals surface area contributed by atoms with Crippen molar-refractivity contribution in [3.63, 3.8) is 0 Å². The molecule has 2 amide bonds. The zero-order valence-electron chi connectivity index (χ0n) is 11.9. The predicted molar refractivity (Wildman–Crippen MR) is 75.2 cm³/mol. The van der Waals surface area contributed by atoms with E-state index in [4.69, 9.17) is 4.42 Å². The largest absolute Gasteiger partial charge is 0.465 e. The van der Waals surface area contributed by atoms with E-state index in [2.05, 4.69) is 0 Å². The van der Waals surface area contributed by atoms with Crippen molar-refractivity contribution in [3.05, 3.63) is 52.0 Å². The molecule has 0 N–H and O–H groups in total. The van der Waals surface area contributed by atoms with Crippen LogP contribution in [0.25, 0.3) is 0 Å². The van der Waals surface area contributed by atoms with Gasteiger partial charge in [-0.25, -0.2) is 4.90 Å². The second-order valence-corrected chi connectivity index (χ2v) is 5.26. The smallest absolute Gasteiger partial charge is 0.269 e. The second-order valence-electron chi connectivity index (χ2n) is 5.26. The zero-order valence-corrected chi connectivity index (χ0v) is 11.9. The first-order valence-corrected chi connectivity index (χ1v) is 6.47. The number of furan rings is 1. The number of aryl methyl sites for hydroxylation is 4. The Morgan fingerprint density at radius 1 is 0.800 bits per heavy atom. The molecule has 20 heavy (non-hydrogen) atoms. The van der Waals surface area contributed by atoms with Crippen LogP contribution in [-0.4, -0.2) is 11.8 Å². The molecule has 3 rings (SSSR count). The van der Waals surface area contributed by atoms with Gasteiger partial charge in [-0.3, -0.25) is 9.59 Å². The van der Waals surface area contributed by atoms with Gasteiger partial charge in [0.25, 0.3) is 11.8 Å². The number of rotatable bonds is 1. The first-order valence-electron chi connectivity index (χ1n) is 6.47. The van der Waals surface area contributed by atoms with Crippen molar-refractivity contribution < 1.29 is 14.0 Å². The number of carbonyl (C=O) groups is 2. The Bertz CT molecular complexity index is 699. The van der Waals surface area contributed by atoms with Crippen molar-refractivity contribution in [3.8, 4) is 0 Å². The van der Waals surface area contributed by atoms with Crippen LogP contribution >= 0.6 is 0 Å². The molecule has 0 bridgehead atoms. The third-order valence-corrected chi connectivity index (χ3v) is 3.56. The minimum Gasteiger partial charge on any atom is -0.465 e. The Hall–Kier alpha value is -2.36. The molecule has 2 heterocycles. The third-order valence-electron chi connectivity index (χ3n) is 3.56. The highest BCUT2D eigenvalue weighted by Gasteiger charge is 2.42. The molecule has 1 aliphatic rings. The van der Waals surface area contributed by atoms with Gasteiger partial charge in [0.2, 0.25) is 0 Å². The van der Waals surface area contributed by atoms with E-state index in [-0.39, 0.29) is 11.8 Å². The molecule has 1 aliphatic heterocycles. The second kappa shape index (κ2) is 4.07. The number of anilines is 1. The molecule has 0 saturated heterocycles. The van der Waals surface area contributed by atoms with Gasteiger partial charge in [-0.15, -0.1) is 0 Å². The van der Waals surface area contributed by atoms with Crippen molar-refractivity contribution in [2.75, 3.05) is 4.90 Å². The van der Waals surface area contributed by atoms with E-state index in [1.165, 1.54) is 4.90 Å². The summed E-state index contributed by atoms with van der Waals surface area (Å²) >= 11 is 0. The molecule has 0 atom stereocenters. The van der Waals surface area contributed by atoms with Gasteiger partial charge < -0.3 is 4.42 Å². The average Bonchev–Trinajstić information content (AvgIpc) is 2.76. The standard InChI is InChI=1S/C16H15NO3/c1-8-5-9(2)7-12(6-8)17-15(18)13-10(3)20-11(4)14(13)16(17)19/h5-7H,1-4H3. The fraction of sp³-hybridized carbons (Fsp3) is 0.250. The van der Waals surface area contributed by atoms with Gasteiger partial charge in [0.05, 0.1) is 16.8 Å². The molecule has 0 saturated carbocycles. The van der Waals surface area contributed by atoms with Crippen LogP contribution in [0, 0.1) is 27.7 Å². The summed E-state index contributed by atoms with van der Waals surface area (Å²) in [6.07, 6.45) is 0. The number of imide groups is 1. The third kappa shape index (κ3) is 1.61. The molecule has 0 spiro atoms. The maximum Gasteiger partial charge on any atom is 0.269 e. The first-order chi connectivity index (χ1) is 9.40. The average molecular weight is 269 g/mol. The Labute approximate surface area is 117 Å². The number of hydrogen-bond donors (Lipinski definition) is 0. The highest BCUT2D eigenvalue weighted by molar-refractivity contribution is 6.35. The predicted octanol–water partition coefficient (Wildman–Crippen LogP) is 3.31. The van der Waals surface area contributed by atoms with Crippen molar-refractivity contribution >= 4 is 17.5 Å². The fourth-order valence-electron chi connectivity index (χ4n) is 2.83. The number of benzene rings is 1. The summed E-state index contributed by atoms with van der Waals surface area (Å²) in [4.78, 5) is 26.3. The summed E-state index contributed by atoms with van der Waals surface area (Å²) in [5.41, 5.74) is 3.45. The summed E-state index contributed by atoms with van der Waals surface area (Å²) < 4.78 is 5.39. The molecular formula is C16H15NO3. The number of fused-ring (bicyclic) bond motifs is 1. The maximum atomic E-state index is 12.5. The van der Waals surface area contributed by atoms with Gasteiger partial charge in [0, 0.05) is 0 Å². The molecular weight excluding hydrogens is 254 g/mol. The number of hydrogen-bond acceptors (Lipinski definition) is 3. The molecule has 0 fully saturated rings. The van der Waals surface area contributed by atoms with Crippen LogP contribution in [0.4, 0.5) is 5.69 Å². The SMILES string of the molecule is Cc1cc(C)cc(N2C(=O)c3c(C)oc(C)c3C2=O)c1. The summed E-state index contributed by atoms with van der Waals surface area (Å²) in [5.74, 6) is 0.402. The lowest BCUT2D eigenvalue weighted by atomic mass is 10.1. The number of nitrogens with zero attached hydrogens (tertiary/aromatic N) is 1. The topological polar surface area (TPSA) is 50.5 Å². The molecule has 2 aromatic rings. The maximum absolute atomic E-state index is 12.5. The van der Waals surface area contributed by atoms with E-state index in [0.717, 1.165) is 11.1 Å². The van der Waals surface area contributed by atoms with Crippen molar-refractivity contribution in [2.24, 2.45) is 0 Å². The van der Waals surface area contributed by atoms with Gasteiger partial charge in [-0.1, -0.05) is 6.07 Å². The summed E-state index contributed by atoms with van der Waals surface area (Å²) in [6, 6.07) is 5.69. The van der Waals surface area contributed by atoms with E-state index in [9.17, 15) is 9.59 Å². The fourth-order valence-corrected chi connectivity index (χ4v) is 2.83. The summed E-state index contributed by atoms with van der Waals surface area (Å²) in [6.45, 7) is 7.31. The monoisotopic (exact) mass is 269 g/mol. The number of carbonyl (C=O) groups excluding carboxylic acids is 2. The lowest BCUT2D eigenvalue weighted by Crippen LogP contribution is -2.30. The molecule has 4 nitrogen and oxygen atoms in total. The molecule has 1 aromatic heterocycles. The van der Waals surface area contributed by atoms with Gasteiger partial charge in [0.15, 0.2) is 0 Å². The van der Waals surface area contributed by atoms with E-state index in [0.29, 0.717) is 28.3 Å². The van der Waals surface area contributed by atoms with Gasteiger partial charge in [-0.2, -0.15) is 0 Å². The minimum atomic E-state index is -0.302. The van der Waals surface area contributed by atoms with Crippen molar-refractivity contribution in [2.45, 2.75) is 27.7 Å². The lowest BCUT2D eigenvalue weighted by Gasteiger charge is -2.16. The molecule has 102 valence electrons.